The van der Waals surface area contributed by atoms with E-state index in [0.717, 1.165) is 0 Å². The number of benzene rings is 4. The highest BCUT2D eigenvalue weighted by Gasteiger charge is 2.22. The molecule has 0 spiro atoms. The zero-order valence-corrected chi connectivity index (χ0v) is 15.8. The van der Waals surface area contributed by atoms with Crippen LogP contribution in [-0.4, -0.2) is 0 Å². The van der Waals surface area contributed by atoms with Gasteiger partial charge < -0.3 is 0 Å². The number of hydrogen-bond acceptors (Lipinski definition) is 1. The highest BCUT2D eigenvalue weighted by Crippen LogP contribution is 2.48. The third-order valence-electron chi connectivity index (χ3n) is 4.54. The third-order valence-corrected chi connectivity index (χ3v) is 7.89. The lowest BCUT2D eigenvalue weighted by atomic mass is 10.2. The molecule has 0 nitrogen and oxygen atoms in total. The van der Waals surface area contributed by atoms with Gasteiger partial charge in [0.1, 0.15) is 0 Å². The van der Waals surface area contributed by atoms with Gasteiger partial charge in [0.2, 0.25) is 0 Å². The molecule has 0 fully saturated rings. The van der Waals surface area contributed by atoms with Gasteiger partial charge in [0.25, 0.3) is 0 Å². The van der Waals surface area contributed by atoms with Crippen LogP contribution in [0.25, 0.3) is 25.1 Å². The largest absolute Gasteiger partial charge is 0.187 e. The maximum absolute atomic E-state index is 2.30. The van der Waals surface area contributed by atoms with E-state index in [2.05, 4.69) is 103 Å². The summed E-state index contributed by atoms with van der Waals surface area (Å²) >= 11 is 1.81. The van der Waals surface area contributed by atoms with Crippen molar-refractivity contribution in [3.63, 3.8) is 0 Å². The molecular weight excluding hydrogens is 352 g/mol. The molecule has 0 amide bonds. The molecule has 0 unspecified atom stereocenters. The van der Waals surface area contributed by atoms with Crippen LogP contribution in [0.2, 0.25) is 0 Å². The smallest absolute Gasteiger partial charge is 0.0901 e. The van der Waals surface area contributed by atoms with Gasteiger partial charge in [0.05, 0.1) is 0 Å². The minimum atomic E-state index is -0.00456. The lowest BCUT2D eigenvalue weighted by Gasteiger charge is -2.01. The standard InChI is InChI=1S/C24H17S2/c1-2-8-18(9-3-1)25-19-14-16-20(17-15-19)26-23-12-6-4-10-21(23)22-11-5-7-13-24(22)26/h1-17H/q+1. The molecule has 2 heteroatoms. The normalized spacial score (nSPS) is 11.2. The van der Waals surface area contributed by atoms with E-state index >= 15 is 0 Å². The second-order valence-electron chi connectivity index (χ2n) is 6.19. The van der Waals surface area contributed by atoms with Crippen LogP contribution in [-0.2, 0) is 0 Å². The molecule has 0 atom stereocenters. The van der Waals surface area contributed by atoms with Crippen LogP contribution in [0, 0.1) is 0 Å². The number of rotatable bonds is 3. The van der Waals surface area contributed by atoms with Gasteiger partial charge >= 0.3 is 0 Å². The number of hydrogen-bond donors (Lipinski definition) is 0. The Hall–Kier alpha value is -2.55. The summed E-state index contributed by atoms with van der Waals surface area (Å²) in [5.74, 6) is 0. The van der Waals surface area contributed by atoms with E-state index in [4.69, 9.17) is 0 Å². The van der Waals surface area contributed by atoms with Gasteiger partial charge in [-0.15, -0.1) is 0 Å². The zero-order chi connectivity index (χ0) is 17.3. The zero-order valence-electron chi connectivity index (χ0n) is 14.1. The minimum absolute atomic E-state index is 0.00456. The van der Waals surface area contributed by atoms with E-state index in [1.165, 1.54) is 34.9 Å². The molecule has 1 aromatic heterocycles. The monoisotopic (exact) mass is 369 g/mol. The molecule has 0 aliphatic carbocycles. The Morgan fingerprint density at radius 1 is 0.462 bits per heavy atom. The van der Waals surface area contributed by atoms with Crippen LogP contribution in [0.1, 0.15) is 0 Å². The second-order valence-corrected chi connectivity index (χ2v) is 9.30. The first-order valence-corrected chi connectivity index (χ1v) is 10.7. The molecule has 0 bridgehead atoms. The summed E-state index contributed by atoms with van der Waals surface area (Å²) in [5.41, 5.74) is 0. The summed E-state index contributed by atoms with van der Waals surface area (Å²) in [5, 5.41) is 2.77. The molecule has 0 aliphatic heterocycles. The third kappa shape index (κ3) is 2.72. The molecule has 4 aromatic carbocycles. The first-order chi connectivity index (χ1) is 12.9. The maximum atomic E-state index is 2.30. The van der Waals surface area contributed by atoms with E-state index in [-0.39, 0.29) is 10.5 Å². The van der Waals surface area contributed by atoms with Gasteiger partial charge in [-0.3, -0.25) is 0 Å². The Bertz CT molecular complexity index is 1130. The molecule has 5 aromatic rings. The van der Waals surface area contributed by atoms with Crippen molar-refractivity contribution in [3.8, 4) is 4.90 Å². The second kappa shape index (κ2) is 6.64. The number of thiophene rings is 1. The van der Waals surface area contributed by atoms with E-state index in [1.54, 1.807) is 0 Å². The Labute approximate surface area is 160 Å². The fourth-order valence-corrected chi connectivity index (χ4v) is 6.59. The predicted octanol–water partition coefficient (Wildman–Crippen LogP) is 7.88. The summed E-state index contributed by atoms with van der Waals surface area (Å²) in [6.45, 7) is 0. The van der Waals surface area contributed by atoms with Crippen LogP contribution < -0.4 is 0 Å². The molecular formula is C24H17S2+. The van der Waals surface area contributed by atoms with Crippen LogP contribution in [0.3, 0.4) is 0 Å². The molecule has 0 radical (unpaired) electrons. The quantitative estimate of drug-likeness (QED) is 0.291. The topological polar surface area (TPSA) is 0 Å². The average molecular weight is 370 g/mol. The van der Waals surface area contributed by atoms with E-state index < -0.39 is 0 Å². The van der Waals surface area contributed by atoms with Crippen molar-refractivity contribution in [2.45, 2.75) is 9.79 Å². The summed E-state index contributed by atoms with van der Waals surface area (Å²) in [6.07, 6.45) is 0. The molecule has 0 aliphatic rings. The van der Waals surface area contributed by atoms with E-state index in [1.807, 2.05) is 11.8 Å². The SMILES string of the molecule is c1ccc(Sc2ccc(-[s+]3c4ccccc4c4ccccc43)cc2)cc1. The van der Waals surface area contributed by atoms with Crippen LogP contribution in [0.15, 0.2) is 113 Å². The molecule has 26 heavy (non-hydrogen) atoms. The van der Waals surface area contributed by atoms with Crippen molar-refractivity contribution < 1.29 is 0 Å². The molecule has 5 rings (SSSR count). The molecule has 0 N–H and O–H groups in total. The Balaban J connectivity index is 1.61. The summed E-state index contributed by atoms with van der Waals surface area (Å²) in [7, 11) is -0.00456. The molecule has 0 saturated heterocycles. The number of fused-ring (bicyclic) bond motifs is 3. The first-order valence-electron chi connectivity index (χ1n) is 8.66. The van der Waals surface area contributed by atoms with Gasteiger partial charge in [0, 0.05) is 31.0 Å². The fourth-order valence-electron chi connectivity index (χ4n) is 3.38. The molecule has 124 valence electrons. The highest BCUT2D eigenvalue weighted by molar-refractivity contribution is 7.99. The van der Waals surface area contributed by atoms with Gasteiger partial charge in [-0.1, -0.05) is 54.2 Å². The Kier molecular flexibility index (Phi) is 4.00. The van der Waals surface area contributed by atoms with Crippen LogP contribution >= 0.6 is 22.2 Å². The lowest BCUT2D eigenvalue weighted by Crippen LogP contribution is -1.75. The Morgan fingerprint density at radius 3 is 1.58 bits per heavy atom. The van der Waals surface area contributed by atoms with Gasteiger partial charge in [-0.2, -0.15) is 0 Å². The molecule has 1 heterocycles. The lowest BCUT2D eigenvalue weighted by molar-refractivity contribution is 1.41. The molecule has 0 saturated carbocycles. The van der Waals surface area contributed by atoms with E-state index in [9.17, 15) is 0 Å². The Morgan fingerprint density at radius 2 is 0.962 bits per heavy atom. The average Bonchev–Trinajstić information content (AvgIpc) is 3.04. The summed E-state index contributed by atoms with van der Waals surface area (Å²) in [4.78, 5) is 3.95. The van der Waals surface area contributed by atoms with E-state index in [0.29, 0.717) is 0 Å². The van der Waals surface area contributed by atoms with Crippen molar-refractivity contribution in [1.29, 1.82) is 0 Å². The van der Waals surface area contributed by atoms with Gasteiger partial charge in [-0.25, -0.2) is 0 Å². The van der Waals surface area contributed by atoms with Gasteiger partial charge in [0.15, 0.2) is 14.3 Å². The van der Waals surface area contributed by atoms with Crippen LogP contribution in [0.5, 0.6) is 0 Å². The van der Waals surface area contributed by atoms with Crippen LogP contribution in [0.4, 0.5) is 0 Å². The van der Waals surface area contributed by atoms with Crippen molar-refractivity contribution in [1.82, 2.24) is 0 Å². The first kappa shape index (κ1) is 15.7. The van der Waals surface area contributed by atoms with Gasteiger partial charge in [-0.05, 0) is 60.7 Å². The van der Waals surface area contributed by atoms with Crippen molar-refractivity contribution in [2.75, 3.05) is 0 Å². The maximum Gasteiger partial charge on any atom is 0.187 e. The van der Waals surface area contributed by atoms with Crippen molar-refractivity contribution >= 4 is 42.4 Å². The summed E-state index contributed by atoms with van der Waals surface area (Å²) < 4.78 is 2.88. The van der Waals surface area contributed by atoms with Crippen molar-refractivity contribution in [2.24, 2.45) is 0 Å². The van der Waals surface area contributed by atoms with Crippen molar-refractivity contribution in [3.05, 3.63) is 103 Å². The summed E-state index contributed by atoms with van der Waals surface area (Å²) in [6, 6.07) is 37.3. The minimum Gasteiger partial charge on any atom is -0.0901 e. The fraction of sp³-hybridized carbons (Fsp3) is 0. The highest BCUT2D eigenvalue weighted by atomic mass is 32.2. The predicted molar refractivity (Wildman–Crippen MR) is 116 cm³/mol.